The number of likely N-dealkylation sites (tertiary alicyclic amines) is 1. The van der Waals surface area contributed by atoms with Gasteiger partial charge in [0.05, 0.1) is 5.02 Å². The van der Waals surface area contributed by atoms with Gasteiger partial charge in [-0.15, -0.1) is 11.3 Å². The van der Waals surface area contributed by atoms with Crippen LogP contribution in [0.4, 0.5) is 4.39 Å². The third-order valence-corrected chi connectivity index (χ3v) is 6.13. The highest BCUT2D eigenvalue weighted by Crippen LogP contribution is 2.35. The molecule has 0 bridgehead atoms. The number of benzene rings is 1. The Bertz CT molecular complexity index is 805. The van der Waals surface area contributed by atoms with Crippen LogP contribution in [0, 0.1) is 5.82 Å². The number of hydrogen-bond donors (Lipinski definition) is 1. The molecule has 1 aliphatic heterocycles. The van der Waals surface area contributed by atoms with Crippen molar-refractivity contribution in [2.45, 2.75) is 32.7 Å². The van der Waals surface area contributed by atoms with E-state index in [0.717, 1.165) is 37.9 Å². The van der Waals surface area contributed by atoms with Crippen LogP contribution in [0.25, 0.3) is 10.1 Å². The lowest BCUT2D eigenvalue weighted by Crippen LogP contribution is -2.44. The van der Waals surface area contributed by atoms with E-state index < -0.39 is 0 Å². The van der Waals surface area contributed by atoms with Gasteiger partial charge in [0.1, 0.15) is 10.7 Å². The summed E-state index contributed by atoms with van der Waals surface area (Å²) >= 11 is 7.57. The number of fused-ring (bicyclic) bond motifs is 1. The first kappa shape index (κ1) is 18.4. The lowest BCUT2D eigenvalue weighted by Gasteiger charge is -2.31. The van der Waals surface area contributed by atoms with Gasteiger partial charge in [-0.1, -0.05) is 23.3 Å². The van der Waals surface area contributed by atoms with Crippen LogP contribution in [-0.4, -0.2) is 36.5 Å². The zero-order valence-corrected chi connectivity index (χ0v) is 16.0. The lowest BCUT2D eigenvalue weighted by molar-refractivity contribution is 0.0918. The predicted molar refractivity (Wildman–Crippen MR) is 103 cm³/mol. The van der Waals surface area contributed by atoms with E-state index >= 15 is 0 Å². The Kier molecular flexibility index (Phi) is 5.77. The molecule has 6 heteroatoms. The number of thiophene rings is 1. The Balaban J connectivity index is 1.62. The van der Waals surface area contributed by atoms with Crippen LogP contribution < -0.4 is 5.32 Å². The third-order valence-electron chi connectivity index (χ3n) is 4.48. The minimum absolute atomic E-state index is 0.158. The van der Waals surface area contributed by atoms with Crippen molar-refractivity contribution < 1.29 is 9.18 Å². The molecule has 2 heterocycles. The van der Waals surface area contributed by atoms with Crippen LogP contribution in [0.15, 0.2) is 29.8 Å². The molecule has 1 aromatic carbocycles. The summed E-state index contributed by atoms with van der Waals surface area (Å²) in [5.74, 6) is -0.476. The summed E-state index contributed by atoms with van der Waals surface area (Å²) in [7, 11) is 0. The molecule has 1 aliphatic rings. The maximum absolute atomic E-state index is 13.4. The quantitative estimate of drug-likeness (QED) is 0.768. The SMILES string of the molecule is CC(C)=CCN1CCC(NC(=O)c2sc3cc(F)ccc3c2Cl)CC1. The normalized spacial score (nSPS) is 16.2. The summed E-state index contributed by atoms with van der Waals surface area (Å²) in [5.41, 5.74) is 1.33. The highest BCUT2D eigenvalue weighted by atomic mass is 35.5. The first-order valence-electron chi connectivity index (χ1n) is 8.48. The van der Waals surface area contributed by atoms with Gasteiger partial charge in [0.2, 0.25) is 0 Å². The molecule has 134 valence electrons. The molecular weight excluding hydrogens is 359 g/mol. The molecular formula is C19H22ClFN2OS. The summed E-state index contributed by atoms with van der Waals surface area (Å²) in [6.07, 6.45) is 4.09. The number of nitrogens with zero attached hydrogens (tertiary/aromatic N) is 1. The number of rotatable bonds is 4. The number of piperidine rings is 1. The number of nitrogens with one attached hydrogen (secondary N) is 1. The van der Waals surface area contributed by atoms with Crippen molar-refractivity contribution in [2.75, 3.05) is 19.6 Å². The highest BCUT2D eigenvalue weighted by molar-refractivity contribution is 7.21. The van der Waals surface area contributed by atoms with E-state index in [0.29, 0.717) is 14.6 Å². The van der Waals surface area contributed by atoms with Crippen LogP contribution >= 0.6 is 22.9 Å². The molecule has 0 spiro atoms. The molecule has 0 radical (unpaired) electrons. The smallest absolute Gasteiger partial charge is 0.263 e. The van der Waals surface area contributed by atoms with Crippen LogP contribution in [-0.2, 0) is 0 Å². The number of halogens is 2. The molecule has 1 aromatic heterocycles. The zero-order chi connectivity index (χ0) is 18.0. The van der Waals surface area contributed by atoms with Gasteiger partial charge in [-0.3, -0.25) is 9.69 Å². The largest absolute Gasteiger partial charge is 0.348 e. The molecule has 0 saturated carbocycles. The summed E-state index contributed by atoms with van der Waals surface area (Å²) in [6.45, 7) is 7.12. The molecule has 3 rings (SSSR count). The van der Waals surface area contributed by atoms with Gasteiger partial charge in [0.15, 0.2) is 0 Å². The molecule has 2 aromatic rings. The standard InChI is InChI=1S/C19H22ClFN2OS/c1-12(2)5-8-23-9-6-14(7-10-23)22-19(24)18-17(20)15-4-3-13(21)11-16(15)25-18/h3-5,11,14H,6-10H2,1-2H3,(H,22,24). The van der Waals surface area contributed by atoms with E-state index in [4.69, 9.17) is 11.6 Å². The Morgan fingerprint density at radius 3 is 2.80 bits per heavy atom. The second kappa shape index (κ2) is 7.85. The van der Waals surface area contributed by atoms with Gasteiger partial charge in [-0.25, -0.2) is 4.39 Å². The first-order valence-corrected chi connectivity index (χ1v) is 9.67. The van der Waals surface area contributed by atoms with Crippen molar-refractivity contribution in [3.63, 3.8) is 0 Å². The van der Waals surface area contributed by atoms with E-state index in [1.165, 1.54) is 29.0 Å². The average molecular weight is 381 g/mol. The molecule has 1 saturated heterocycles. The van der Waals surface area contributed by atoms with Crippen LogP contribution in [0.3, 0.4) is 0 Å². The minimum atomic E-state index is -0.318. The maximum atomic E-state index is 13.4. The number of allylic oxidation sites excluding steroid dienone is 1. The zero-order valence-electron chi connectivity index (χ0n) is 14.4. The molecule has 1 amide bonds. The summed E-state index contributed by atoms with van der Waals surface area (Å²) in [5, 5.41) is 4.23. The monoisotopic (exact) mass is 380 g/mol. The van der Waals surface area contributed by atoms with Crippen molar-refractivity contribution in [1.82, 2.24) is 10.2 Å². The van der Waals surface area contributed by atoms with Crippen molar-refractivity contribution in [1.29, 1.82) is 0 Å². The van der Waals surface area contributed by atoms with Gasteiger partial charge >= 0.3 is 0 Å². The number of carbonyl (C=O) groups is 1. The number of hydrogen-bond acceptors (Lipinski definition) is 3. The number of amides is 1. The van der Waals surface area contributed by atoms with Crippen molar-refractivity contribution >= 4 is 38.9 Å². The minimum Gasteiger partial charge on any atom is -0.348 e. The molecule has 0 aliphatic carbocycles. The molecule has 0 unspecified atom stereocenters. The van der Waals surface area contributed by atoms with Gasteiger partial charge in [0.25, 0.3) is 5.91 Å². The van der Waals surface area contributed by atoms with Crippen molar-refractivity contribution in [2.24, 2.45) is 0 Å². The second-order valence-corrected chi connectivity index (χ2v) is 8.15. The predicted octanol–water partition coefficient (Wildman–Crippen LogP) is 4.85. The fourth-order valence-corrected chi connectivity index (χ4v) is 4.45. The van der Waals surface area contributed by atoms with Crippen LogP contribution in [0.5, 0.6) is 0 Å². The van der Waals surface area contributed by atoms with Crippen molar-refractivity contribution in [3.05, 3.63) is 45.6 Å². The Labute approximate surface area is 156 Å². The van der Waals surface area contributed by atoms with Gasteiger partial charge in [-0.2, -0.15) is 0 Å². The molecule has 3 nitrogen and oxygen atoms in total. The Hall–Kier alpha value is -1.43. The summed E-state index contributed by atoms with van der Waals surface area (Å²) in [6, 6.07) is 4.57. The third kappa shape index (κ3) is 4.40. The second-order valence-electron chi connectivity index (χ2n) is 6.72. The first-order chi connectivity index (χ1) is 11.9. The van der Waals surface area contributed by atoms with Crippen LogP contribution in [0.1, 0.15) is 36.4 Å². The Morgan fingerprint density at radius 1 is 1.40 bits per heavy atom. The molecule has 1 fully saturated rings. The molecule has 0 atom stereocenters. The number of carbonyl (C=O) groups excluding carboxylic acids is 1. The lowest BCUT2D eigenvalue weighted by atomic mass is 10.0. The summed E-state index contributed by atoms with van der Waals surface area (Å²) in [4.78, 5) is 15.4. The average Bonchev–Trinajstić information content (AvgIpc) is 2.90. The fourth-order valence-electron chi connectivity index (χ4n) is 3.01. The van der Waals surface area contributed by atoms with E-state index in [9.17, 15) is 9.18 Å². The maximum Gasteiger partial charge on any atom is 0.263 e. The van der Waals surface area contributed by atoms with Gasteiger partial charge in [-0.05, 0) is 44.9 Å². The van der Waals surface area contributed by atoms with Crippen molar-refractivity contribution in [3.8, 4) is 0 Å². The van der Waals surface area contributed by atoms with Crippen LogP contribution in [0.2, 0.25) is 5.02 Å². The molecule has 1 N–H and O–H groups in total. The van der Waals surface area contributed by atoms with Gasteiger partial charge < -0.3 is 5.32 Å². The van der Waals surface area contributed by atoms with E-state index in [1.807, 2.05) is 0 Å². The van der Waals surface area contributed by atoms with E-state index in [2.05, 4.69) is 30.1 Å². The highest BCUT2D eigenvalue weighted by Gasteiger charge is 2.23. The van der Waals surface area contributed by atoms with Gasteiger partial charge in [0, 0.05) is 35.8 Å². The Morgan fingerprint density at radius 2 is 2.12 bits per heavy atom. The fraction of sp³-hybridized carbons (Fsp3) is 0.421. The summed E-state index contributed by atoms with van der Waals surface area (Å²) < 4.78 is 14.1. The molecule has 25 heavy (non-hydrogen) atoms. The topological polar surface area (TPSA) is 32.3 Å². The van der Waals surface area contributed by atoms with E-state index in [1.54, 1.807) is 6.07 Å². The van der Waals surface area contributed by atoms with E-state index in [-0.39, 0.29) is 17.8 Å².